The van der Waals surface area contributed by atoms with E-state index in [-0.39, 0.29) is 64.2 Å². The predicted molar refractivity (Wildman–Crippen MR) is 259 cm³/mol. The van der Waals surface area contributed by atoms with E-state index >= 15 is 0 Å². The van der Waals surface area contributed by atoms with E-state index < -0.39 is 58.7 Å². The number of aliphatic hydroxyl groups is 4. The van der Waals surface area contributed by atoms with Crippen LogP contribution in [0.4, 0.5) is 38.0 Å². The first-order valence-corrected chi connectivity index (χ1v) is 24.3. The Morgan fingerprint density at radius 2 is 0.959 bits per heavy atom. The van der Waals surface area contributed by atoms with Crippen LogP contribution in [-0.2, 0) is 48.1 Å². The lowest BCUT2D eigenvalue weighted by Crippen LogP contribution is -2.58. The molecule has 6 aromatic rings. The highest BCUT2D eigenvalue weighted by molar-refractivity contribution is 5.89. The molecular weight excluding hydrogens is 979 g/mol. The van der Waals surface area contributed by atoms with Gasteiger partial charge in [0.05, 0.1) is 60.3 Å². The average molecular weight is 1040 g/mol. The smallest absolute Gasteiger partial charge is 0.389 e. The second kappa shape index (κ2) is 20.7. The molecule has 2 amide bonds. The minimum atomic E-state index is -4.38. The Bertz CT molecular complexity index is 2750. The maximum absolute atomic E-state index is 13.0. The van der Waals surface area contributed by atoms with E-state index in [1.54, 1.807) is 31.3 Å². The summed E-state index contributed by atoms with van der Waals surface area (Å²) in [5, 5.41) is 45.3. The Morgan fingerprint density at radius 3 is 1.27 bits per heavy atom. The van der Waals surface area contributed by atoms with Crippen molar-refractivity contribution in [2.24, 2.45) is 11.5 Å². The van der Waals surface area contributed by atoms with Crippen LogP contribution in [0.15, 0.2) is 85.7 Å². The maximum atomic E-state index is 13.0. The number of piperidine rings is 2. The van der Waals surface area contributed by atoms with Crippen molar-refractivity contribution in [3.63, 3.8) is 0 Å². The van der Waals surface area contributed by atoms with Crippen LogP contribution in [0.5, 0.6) is 0 Å². The molecule has 0 spiro atoms. The summed E-state index contributed by atoms with van der Waals surface area (Å²) in [6, 6.07) is 14.5. The zero-order valence-electron chi connectivity index (χ0n) is 40.2. The van der Waals surface area contributed by atoms with Crippen LogP contribution >= 0.6 is 0 Å². The number of likely N-dealkylation sites (tertiary alicyclic amines) is 2. The van der Waals surface area contributed by atoms with Gasteiger partial charge in [-0.2, -0.15) is 26.3 Å². The Hall–Kier alpha value is -6.44. The van der Waals surface area contributed by atoms with Gasteiger partial charge < -0.3 is 50.8 Å². The number of amides is 2. The van der Waals surface area contributed by atoms with Gasteiger partial charge in [0.1, 0.15) is 46.8 Å². The number of β-amino-alcohol motifs (C(OH)–C–C–N with tert-alkyl or cyclic N) is 2. The number of halogens is 6. The fourth-order valence-electron chi connectivity index (χ4n) is 9.95. The predicted octanol–water partition coefficient (Wildman–Crippen LogP) is 3.80. The van der Waals surface area contributed by atoms with Crippen LogP contribution in [0.2, 0.25) is 0 Å². The largest absolute Gasteiger partial charge is 0.416 e. The van der Waals surface area contributed by atoms with Gasteiger partial charge >= 0.3 is 12.4 Å². The van der Waals surface area contributed by atoms with Crippen LogP contribution in [-0.4, -0.2) is 146 Å². The van der Waals surface area contributed by atoms with E-state index in [0.29, 0.717) is 49.1 Å². The summed E-state index contributed by atoms with van der Waals surface area (Å²) in [6.07, 6.45) is -0.148. The number of hydrogen-bond acceptors (Lipinski definition) is 14. The summed E-state index contributed by atoms with van der Waals surface area (Å²) in [5.41, 5.74) is 8.96. The molecule has 2 aromatic carbocycles. The van der Waals surface area contributed by atoms with Crippen molar-refractivity contribution in [1.29, 1.82) is 0 Å². The molecule has 2 aliphatic carbocycles. The lowest BCUT2D eigenvalue weighted by molar-refractivity contribution is -0.138. The van der Waals surface area contributed by atoms with Gasteiger partial charge in [-0.05, 0) is 86.1 Å². The number of rotatable bonds is 16. The number of hydrogen-bond donors (Lipinski definition) is 6. The summed E-state index contributed by atoms with van der Waals surface area (Å²) in [5.74, 6) is 0.370. The molecule has 74 heavy (non-hydrogen) atoms. The van der Waals surface area contributed by atoms with E-state index in [0.717, 1.165) is 71.8 Å². The lowest BCUT2D eigenvalue weighted by Gasteiger charge is -2.42. The molecule has 10 rings (SSSR count). The third kappa shape index (κ3) is 11.9. The summed E-state index contributed by atoms with van der Waals surface area (Å²) >= 11 is 0. The molecule has 6 heterocycles. The van der Waals surface area contributed by atoms with E-state index in [2.05, 4.69) is 29.7 Å². The summed E-state index contributed by atoms with van der Waals surface area (Å²) in [7, 11) is 0. The Labute approximate surface area is 420 Å². The molecule has 0 bridgehead atoms. The molecule has 0 unspecified atom stereocenters. The highest BCUT2D eigenvalue weighted by atomic mass is 19.4. The van der Waals surface area contributed by atoms with E-state index in [1.165, 1.54) is 36.9 Å². The average Bonchev–Trinajstić information content (AvgIpc) is 4.29. The Balaban J connectivity index is 0.000000182. The van der Waals surface area contributed by atoms with Gasteiger partial charge in [0, 0.05) is 63.7 Å². The highest BCUT2D eigenvalue weighted by Crippen LogP contribution is 2.39. The minimum Gasteiger partial charge on any atom is -0.389 e. The van der Waals surface area contributed by atoms with Crippen LogP contribution < -0.4 is 21.3 Å². The molecular formula is C50H58F6N12O6. The van der Waals surface area contributed by atoms with Crippen molar-refractivity contribution < 1.29 is 56.4 Å². The fraction of sp³-hybridized carbons (Fsp3) is 0.480. The first-order chi connectivity index (χ1) is 35.1. The van der Waals surface area contributed by atoms with E-state index in [1.807, 2.05) is 12.1 Å². The van der Waals surface area contributed by atoms with Crippen LogP contribution in [0.3, 0.4) is 0 Å². The number of aliphatic hydroxyl groups excluding tert-OH is 2. The second-order valence-corrected chi connectivity index (χ2v) is 20.0. The highest BCUT2D eigenvalue weighted by Gasteiger charge is 2.43. The molecule has 0 radical (unpaired) electrons. The molecule has 2 saturated heterocycles. The maximum Gasteiger partial charge on any atom is 0.416 e. The Kier molecular flexibility index (Phi) is 14.7. The number of primary amides is 2. The molecule has 4 fully saturated rings. The van der Waals surface area contributed by atoms with Crippen molar-refractivity contribution in [1.82, 2.24) is 38.9 Å². The molecule has 8 N–H and O–H groups in total. The van der Waals surface area contributed by atoms with Crippen molar-refractivity contribution >= 4 is 45.5 Å². The first kappa shape index (κ1) is 52.4. The van der Waals surface area contributed by atoms with Gasteiger partial charge in [0.2, 0.25) is 11.8 Å². The normalized spacial score (nSPS) is 22.9. The lowest BCUT2D eigenvalue weighted by atomic mass is 9.88. The number of aromatic nitrogens is 6. The summed E-state index contributed by atoms with van der Waals surface area (Å²) in [4.78, 5) is 47.9. The van der Waals surface area contributed by atoms with Crippen LogP contribution in [0.1, 0.15) is 60.8 Å². The number of alkyl halides is 6. The number of carbonyl (C=O) groups excluding carboxylic acids is 2. The van der Waals surface area contributed by atoms with Crippen molar-refractivity contribution in [2.45, 2.75) is 113 Å². The van der Waals surface area contributed by atoms with E-state index in [9.17, 15) is 56.4 Å². The van der Waals surface area contributed by atoms with E-state index in [4.69, 9.17) is 11.5 Å². The summed E-state index contributed by atoms with van der Waals surface area (Å²) < 4.78 is 81.3. The number of benzene rings is 2. The molecule has 24 heteroatoms. The quantitative estimate of drug-likeness (QED) is 0.0757. The SMILES string of the molecule is NC(=O)CN1CC[C@](O)(Cn2ccc3c(N(Cc4ccc(C(F)(F)F)cc4)C4CC4)ncnc32)[C@@H](O)C1.NC(=O)CN1CC[C@](O)(Cn2ccc3c(N(Cc4ccc(C(F)(F)F)cc4)C4CC4)ncnc32)[C@H](O)C1. The molecule has 4 aliphatic rings. The van der Waals surface area contributed by atoms with Gasteiger partial charge in [0.15, 0.2) is 0 Å². The molecule has 4 atom stereocenters. The van der Waals surface area contributed by atoms with Gasteiger partial charge in [-0.1, -0.05) is 24.3 Å². The number of nitrogens with two attached hydrogens (primary N) is 2. The fourth-order valence-corrected chi connectivity index (χ4v) is 9.95. The molecule has 18 nitrogen and oxygen atoms in total. The third-order valence-corrected chi connectivity index (χ3v) is 14.3. The van der Waals surface area contributed by atoms with Gasteiger partial charge in [-0.15, -0.1) is 0 Å². The molecule has 4 aromatic heterocycles. The number of carbonyl (C=O) groups is 2. The zero-order chi connectivity index (χ0) is 52.7. The number of nitrogens with zero attached hydrogens (tertiary/aromatic N) is 10. The number of anilines is 2. The van der Waals surface area contributed by atoms with Crippen molar-refractivity contribution in [3.8, 4) is 0 Å². The topological polar surface area (TPSA) is 241 Å². The van der Waals surface area contributed by atoms with Gasteiger partial charge in [-0.3, -0.25) is 19.4 Å². The molecule has 2 saturated carbocycles. The number of fused-ring (bicyclic) bond motifs is 2. The third-order valence-electron chi connectivity index (χ3n) is 14.3. The Morgan fingerprint density at radius 1 is 0.595 bits per heavy atom. The summed E-state index contributed by atoms with van der Waals surface area (Å²) in [6.45, 7) is 2.12. The first-order valence-electron chi connectivity index (χ1n) is 24.3. The monoisotopic (exact) mass is 1040 g/mol. The standard InChI is InChI=1S/2C25H29F3N6O3/c2*26-25(27,28)17-3-1-16(2-4-17)11-34(18-5-6-18)23-19-7-9-33(22(19)30-15-31-23)14-24(37)8-10-32(12-20(24)35)13-21(29)36/h2*1-4,7,9,15,18,20,35,37H,5-6,8,10-14H2,(H2,29,36)/t20-,24+;20-,24-/m10/s1. The second-order valence-electron chi connectivity index (χ2n) is 20.0. The zero-order valence-corrected chi connectivity index (χ0v) is 40.2. The van der Waals surface area contributed by atoms with Gasteiger partial charge in [-0.25, -0.2) is 19.9 Å². The van der Waals surface area contributed by atoms with Crippen LogP contribution in [0, 0.1) is 0 Å². The molecule has 2 aliphatic heterocycles. The minimum absolute atomic E-state index is 0.0199. The molecule has 396 valence electrons. The van der Waals surface area contributed by atoms with Crippen molar-refractivity contribution in [2.75, 3.05) is 49.1 Å². The van der Waals surface area contributed by atoms with Gasteiger partial charge in [0.25, 0.3) is 0 Å². The van der Waals surface area contributed by atoms with Crippen molar-refractivity contribution in [3.05, 3.63) is 108 Å². The van der Waals surface area contributed by atoms with Crippen LogP contribution in [0.25, 0.3) is 22.1 Å².